The number of phenols is 1. The van der Waals surface area contributed by atoms with Gasteiger partial charge in [0.1, 0.15) is 5.82 Å². The number of nitrogens with zero attached hydrogens (tertiary/aromatic N) is 1. The lowest BCUT2D eigenvalue weighted by molar-refractivity contribution is 0.372. The lowest BCUT2D eigenvalue weighted by Gasteiger charge is -2.29. The molecular formula is C24H21ClN2O2. The first kappa shape index (κ1) is 19.1. The summed E-state index contributed by atoms with van der Waals surface area (Å²) in [5.41, 5.74) is 11.9. The van der Waals surface area contributed by atoms with Crippen LogP contribution in [0.2, 0.25) is 0 Å². The van der Waals surface area contributed by atoms with E-state index in [0.29, 0.717) is 11.6 Å². The van der Waals surface area contributed by atoms with Crippen LogP contribution in [-0.4, -0.2) is 17.2 Å². The molecular weight excluding hydrogens is 384 g/mol. The lowest BCUT2D eigenvalue weighted by Crippen LogP contribution is -2.15. The Bertz CT molecular complexity index is 1220. The maximum atomic E-state index is 10.0. The first-order chi connectivity index (χ1) is 13.7. The van der Waals surface area contributed by atoms with Crippen molar-refractivity contribution in [2.24, 2.45) is 0 Å². The number of methoxy groups -OCH3 is 1. The molecule has 1 heterocycles. The van der Waals surface area contributed by atoms with Gasteiger partial charge in [0.2, 0.25) is 0 Å². The van der Waals surface area contributed by atoms with Crippen LogP contribution in [-0.2, 0) is 6.42 Å². The van der Waals surface area contributed by atoms with E-state index in [1.807, 2.05) is 36.4 Å². The minimum Gasteiger partial charge on any atom is -0.504 e. The van der Waals surface area contributed by atoms with Gasteiger partial charge in [-0.1, -0.05) is 54.6 Å². The molecule has 3 aromatic carbocycles. The van der Waals surface area contributed by atoms with Crippen molar-refractivity contribution < 1.29 is 9.84 Å². The Balaban J connectivity index is 0.00000205. The quantitative estimate of drug-likeness (QED) is 0.475. The van der Waals surface area contributed by atoms with Gasteiger partial charge in [-0.2, -0.15) is 0 Å². The molecule has 0 saturated carbocycles. The van der Waals surface area contributed by atoms with E-state index in [9.17, 15) is 5.11 Å². The normalized spacial score (nSPS) is 14.6. The lowest BCUT2D eigenvalue weighted by atomic mass is 9.76. The topological polar surface area (TPSA) is 68.4 Å². The number of phenolic OH excluding ortho intramolecular Hbond substituents is 1. The van der Waals surface area contributed by atoms with Crippen molar-refractivity contribution in [1.82, 2.24) is 4.98 Å². The second-order valence-electron chi connectivity index (χ2n) is 7.15. The van der Waals surface area contributed by atoms with Gasteiger partial charge in [-0.25, -0.2) is 4.98 Å². The molecule has 0 radical (unpaired) electrons. The van der Waals surface area contributed by atoms with Crippen molar-refractivity contribution in [3.05, 3.63) is 83.4 Å². The second-order valence-corrected chi connectivity index (χ2v) is 7.15. The van der Waals surface area contributed by atoms with E-state index >= 15 is 0 Å². The molecule has 5 rings (SSSR count). The second kappa shape index (κ2) is 7.30. The number of fused-ring (bicyclic) bond motifs is 5. The third-order valence-electron chi connectivity index (χ3n) is 5.63. The molecule has 4 nitrogen and oxygen atoms in total. The van der Waals surface area contributed by atoms with Crippen LogP contribution < -0.4 is 10.5 Å². The third-order valence-corrected chi connectivity index (χ3v) is 5.63. The fraction of sp³-hybridized carbons (Fsp3) is 0.125. The highest BCUT2D eigenvalue weighted by atomic mass is 35.5. The van der Waals surface area contributed by atoms with E-state index in [2.05, 4.69) is 24.3 Å². The fourth-order valence-electron chi connectivity index (χ4n) is 4.31. The predicted octanol–water partition coefficient (Wildman–Crippen LogP) is 5.31. The maximum absolute atomic E-state index is 10.0. The highest BCUT2D eigenvalue weighted by Gasteiger charge is 2.30. The zero-order chi connectivity index (χ0) is 19.3. The number of pyridine rings is 1. The number of aromatic nitrogens is 1. The Morgan fingerprint density at radius 3 is 2.52 bits per heavy atom. The predicted molar refractivity (Wildman–Crippen MR) is 119 cm³/mol. The number of hydrogen-bond donors (Lipinski definition) is 2. The summed E-state index contributed by atoms with van der Waals surface area (Å²) in [5, 5.41) is 12.1. The SMILES string of the molecule is COc1cc(C2Cc3ccccc3-c3nc(N)c4ccccc4c32)ccc1O.Cl. The molecule has 146 valence electrons. The highest BCUT2D eigenvalue weighted by Crippen LogP contribution is 2.46. The van der Waals surface area contributed by atoms with Gasteiger partial charge in [-0.05, 0) is 40.6 Å². The van der Waals surface area contributed by atoms with Gasteiger partial charge < -0.3 is 15.6 Å². The van der Waals surface area contributed by atoms with Crippen LogP contribution in [0, 0.1) is 0 Å². The minimum atomic E-state index is 0. The van der Waals surface area contributed by atoms with E-state index in [1.165, 1.54) is 11.1 Å². The molecule has 1 aromatic heterocycles. The van der Waals surface area contributed by atoms with Crippen LogP contribution in [0.4, 0.5) is 5.82 Å². The average molecular weight is 405 g/mol. The van der Waals surface area contributed by atoms with Crippen molar-refractivity contribution in [2.45, 2.75) is 12.3 Å². The van der Waals surface area contributed by atoms with Gasteiger partial charge in [0.25, 0.3) is 0 Å². The Morgan fingerprint density at radius 1 is 1.00 bits per heavy atom. The minimum absolute atomic E-state index is 0. The number of benzene rings is 3. The van der Waals surface area contributed by atoms with E-state index in [4.69, 9.17) is 15.5 Å². The van der Waals surface area contributed by atoms with Gasteiger partial charge in [-0.15, -0.1) is 12.4 Å². The number of aromatic hydroxyl groups is 1. The summed E-state index contributed by atoms with van der Waals surface area (Å²) in [6.45, 7) is 0. The zero-order valence-electron chi connectivity index (χ0n) is 15.9. The van der Waals surface area contributed by atoms with Crippen LogP contribution in [0.5, 0.6) is 11.5 Å². The summed E-state index contributed by atoms with van der Waals surface area (Å²) in [4.78, 5) is 4.82. The van der Waals surface area contributed by atoms with Crippen LogP contribution in [0.3, 0.4) is 0 Å². The Labute approximate surface area is 175 Å². The van der Waals surface area contributed by atoms with E-state index in [1.54, 1.807) is 13.2 Å². The number of nitrogens with two attached hydrogens (primary N) is 1. The van der Waals surface area contributed by atoms with Crippen LogP contribution >= 0.6 is 12.4 Å². The Hall–Kier alpha value is -3.24. The third kappa shape index (κ3) is 2.97. The number of hydrogen-bond acceptors (Lipinski definition) is 4. The van der Waals surface area contributed by atoms with Gasteiger partial charge >= 0.3 is 0 Å². The molecule has 0 fully saturated rings. The zero-order valence-corrected chi connectivity index (χ0v) is 16.7. The van der Waals surface area contributed by atoms with Crippen molar-refractivity contribution >= 4 is 29.0 Å². The molecule has 5 heteroatoms. The van der Waals surface area contributed by atoms with Crippen molar-refractivity contribution in [3.63, 3.8) is 0 Å². The number of anilines is 1. The van der Waals surface area contributed by atoms with E-state index in [-0.39, 0.29) is 24.1 Å². The Kier molecular flexibility index (Phi) is 4.81. The summed E-state index contributed by atoms with van der Waals surface area (Å²) in [6, 6.07) is 22.1. The van der Waals surface area contributed by atoms with Crippen LogP contribution in [0.1, 0.15) is 22.6 Å². The molecule has 0 bridgehead atoms. The van der Waals surface area contributed by atoms with E-state index < -0.39 is 0 Å². The van der Waals surface area contributed by atoms with Crippen molar-refractivity contribution in [3.8, 4) is 22.8 Å². The molecule has 1 atom stereocenters. The summed E-state index contributed by atoms with van der Waals surface area (Å²) in [7, 11) is 1.57. The average Bonchev–Trinajstić information content (AvgIpc) is 2.74. The summed E-state index contributed by atoms with van der Waals surface area (Å²) in [5.74, 6) is 1.26. The number of halogens is 1. The molecule has 29 heavy (non-hydrogen) atoms. The Morgan fingerprint density at radius 2 is 1.72 bits per heavy atom. The molecule has 0 saturated heterocycles. The van der Waals surface area contributed by atoms with Gasteiger partial charge in [-0.3, -0.25) is 0 Å². The van der Waals surface area contributed by atoms with Crippen LogP contribution in [0.15, 0.2) is 66.7 Å². The molecule has 3 N–H and O–H groups in total. The van der Waals surface area contributed by atoms with E-state index in [0.717, 1.165) is 34.0 Å². The number of rotatable bonds is 2. The summed E-state index contributed by atoms with van der Waals surface area (Å²) in [6.07, 6.45) is 0.854. The monoisotopic (exact) mass is 404 g/mol. The smallest absolute Gasteiger partial charge is 0.160 e. The molecule has 0 amide bonds. The molecule has 1 aliphatic carbocycles. The fourth-order valence-corrected chi connectivity index (χ4v) is 4.31. The molecule has 0 spiro atoms. The first-order valence-corrected chi connectivity index (χ1v) is 9.30. The first-order valence-electron chi connectivity index (χ1n) is 9.30. The molecule has 1 unspecified atom stereocenters. The van der Waals surface area contributed by atoms with Gasteiger partial charge in [0.05, 0.1) is 12.8 Å². The van der Waals surface area contributed by atoms with Crippen LogP contribution in [0.25, 0.3) is 22.0 Å². The molecule has 4 aromatic rings. The molecule has 1 aliphatic rings. The summed E-state index contributed by atoms with van der Waals surface area (Å²) >= 11 is 0. The largest absolute Gasteiger partial charge is 0.504 e. The molecule has 0 aliphatic heterocycles. The van der Waals surface area contributed by atoms with Crippen molar-refractivity contribution in [1.29, 1.82) is 0 Å². The maximum Gasteiger partial charge on any atom is 0.160 e. The summed E-state index contributed by atoms with van der Waals surface area (Å²) < 4.78 is 5.35. The van der Waals surface area contributed by atoms with Crippen molar-refractivity contribution in [2.75, 3.05) is 12.8 Å². The van der Waals surface area contributed by atoms with Gasteiger partial charge in [0.15, 0.2) is 11.5 Å². The standard InChI is InChI=1S/C24H20N2O2.ClH/c1-28-21-13-15(10-11-20(21)27)19-12-14-6-2-3-7-16(14)23-22(19)17-8-4-5-9-18(17)24(25)26-23;/h2-11,13,19,27H,12H2,1H3,(H2,25,26);1H. The highest BCUT2D eigenvalue weighted by molar-refractivity contribution is 5.98. The number of nitrogen functional groups attached to an aromatic ring is 1. The van der Waals surface area contributed by atoms with Gasteiger partial charge in [0, 0.05) is 16.9 Å². The number of ether oxygens (including phenoxy) is 1.